The van der Waals surface area contributed by atoms with Crippen molar-refractivity contribution in [1.82, 2.24) is 9.47 Å². The van der Waals surface area contributed by atoms with Crippen LogP contribution in [0.15, 0.2) is 85.1 Å². The van der Waals surface area contributed by atoms with Gasteiger partial charge >= 0.3 is 6.03 Å². The summed E-state index contributed by atoms with van der Waals surface area (Å²) >= 11 is 6.07. The van der Waals surface area contributed by atoms with Crippen LogP contribution < -0.4 is 5.32 Å². The Kier molecular flexibility index (Phi) is 5.15. The normalized spacial score (nSPS) is 15.0. The zero-order valence-electron chi connectivity index (χ0n) is 16.8. The van der Waals surface area contributed by atoms with Gasteiger partial charge in [-0.05, 0) is 59.7 Å². The van der Waals surface area contributed by atoms with Gasteiger partial charge < -0.3 is 14.8 Å². The van der Waals surface area contributed by atoms with Gasteiger partial charge in [0.1, 0.15) is 11.6 Å². The van der Waals surface area contributed by atoms with Crippen LogP contribution in [0.25, 0.3) is 5.69 Å². The predicted molar refractivity (Wildman–Crippen MR) is 120 cm³/mol. The third-order valence-corrected chi connectivity index (χ3v) is 5.74. The van der Waals surface area contributed by atoms with Crippen molar-refractivity contribution in [3.8, 4) is 5.69 Å². The lowest BCUT2D eigenvalue weighted by molar-refractivity contribution is 0.194. The van der Waals surface area contributed by atoms with Gasteiger partial charge in [0.05, 0.1) is 18.3 Å². The molecule has 1 aliphatic rings. The molecule has 1 N–H and O–H groups in total. The highest BCUT2D eigenvalue weighted by Crippen LogP contribution is 2.37. The summed E-state index contributed by atoms with van der Waals surface area (Å²) in [7, 11) is 0. The average Bonchev–Trinajstić information content (AvgIpc) is 3.17. The fourth-order valence-corrected chi connectivity index (χ4v) is 4.37. The number of amides is 2. The Bertz CT molecular complexity index is 1300. The lowest BCUT2D eigenvalue weighted by Crippen LogP contribution is -2.38. The Morgan fingerprint density at radius 1 is 0.938 bits per heavy atom. The molecule has 0 saturated carbocycles. The average molecular weight is 450 g/mol. The quantitative estimate of drug-likeness (QED) is 0.370. The molecule has 160 valence electrons. The van der Waals surface area contributed by atoms with Gasteiger partial charge in [-0.2, -0.15) is 0 Å². The van der Waals surface area contributed by atoms with E-state index >= 15 is 0 Å². The molecule has 1 aromatic heterocycles. The Morgan fingerprint density at radius 2 is 1.72 bits per heavy atom. The van der Waals surface area contributed by atoms with Crippen molar-refractivity contribution in [3.05, 3.63) is 119 Å². The lowest BCUT2D eigenvalue weighted by atomic mass is 10.0. The van der Waals surface area contributed by atoms with Crippen molar-refractivity contribution in [2.24, 2.45) is 0 Å². The van der Waals surface area contributed by atoms with Crippen molar-refractivity contribution in [1.29, 1.82) is 0 Å². The summed E-state index contributed by atoms with van der Waals surface area (Å²) in [6.07, 6.45) is 1.88. The van der Waals surface area contributed by atoms with Crippen molar-refractivity contribution in [3.63, 3.8) is 0 Å². The molecule has 7 heteroatoms. The van der Waals surface area contributed by atoms with E-state index in [4.69, 9.17) is 11.6 Å². The second-order valence-electron chi connectivity index (χ2n) is 7.61. The van der Waals surface area contributed by atoms with Gasteiger partial charge in [-0.1, -0.05) is 35.9 Å². The lowest BCUT2D eigenvalue weighted by Gasteiger charge is -2.31. The number of halogens is 3. The summed E-state index contributed by atoms with van der Waals surface area (Å²) in [4.78, 5) is 15.1. The molecule has 0 aliphatic carbocycles. The van der Waals surface area contributed by atoms with Crippen LogP contribution in [0.3, 0.4) is 0 Å². The summed E-state index contributed by atoms with van der Waals surface area (Å²) in [5, 5.41) is 3.36. The summed E-state index contributed by atoms with van der Waals surface area (Å²) < 4.78 is 30.3. The van der Waals surface area contributed by atoms with E-state index in [9.17, 15) is 13.6 Å². The molecule has 4 nitrogen and oxygen atoms in total. The van der Waals surface area contributed by atoms with Gasteiger partial charge in [0.2, 0.25) is 0 Å². The van der Waals surface area contributed by atoms with Crippen molar-refractivity contribution in [2.45, 2.75) is 12.6 Å². The first-order valence-corrected chi connectivity index (χ1v) is 10.4. The molecule has 0 saturated heterocycles. The highest BCUT2D eigenvalue weighted by Gasteiger charge is 2.33. The first kappa shape index (κ1) is 20.3. The molecule has 3 aromatic carbocycles. The minimum atomic E-state index is -0.721. The van der Waals surface area contributed by atoms with Crippen molar-refractivity contribution in [2.75, 3.05) is 5.32 Å². The van der Waals surface area contributed by atoms with E-state index < -0.39 is 23.7 Å². The number of hydrogen-bond acceptors (Lipinski definition) is 1. The number of hydrogen-bond donors (Lipinski definition) is 1. The number of urea groups is 1. The third kappa shape index (κ3) is 3.74. The minimum absolute atomic E-state index is 0.243. The maximum absolute atomic E-state index is 14.2. The van der Waals surface area contributed by atoms with Crippen LogP contribution in [0.4, 0.5) is 19.3 Å². The third-order valence-electron chi connectivity index (χ3n) is 5.50. The Balaban J connectivity index is 1.66. The molecular formula is C25H18ClF2N3O. The first-order valence-electron chi connectivity index (χ1n) is 10.0. The van der Waals surface area contributed by atoms with Crippen LogP contribution in [0.5, 0.6) is 0 Å². The smallest absolute Gasteiger partial charge is 0.318 e. The zero-order valence-corrected chi connectivity index (χ0v) is 17.6. The maximum atomic E-state index is 14.2. The molecule has 2 heterocycles. The minimum Gasteiger partial charge on any atom is -0.318 e. The summed E-state index contributed by atoms with van der Waals surface area (Å²) in [6, 6.07) is 20.5. The molecular weight excluding hydrogens is 432 g/mol. The number of nitrogens with one attached hydrogen (secondary N) is 1. The Hall–Kier alpha value is -3.64. The molecule has 0 radical (unpaired) electrons. The van der Waals surface area contributed by atoms with Crippen LogP contribution in [-0.2, 0) is 6.54 Å². The largest absolute Gasteiger partial charge is 0.322 e. The summed E-state index contributed by atoms with van der Waals surface area (Å²) in [6.45, 7) is 0.243. The number of benzene rings is 3. The number of rotatable bonds is 2. The fourth-order valence-electron chi connectivity index (χ4n) is 4.18. The number of carbonyl (C=O) groups excluding carboxylic acids is 1. The van der Waals surface area contributed by atoms with Gasteiger partial charge in [0.25, 0.3) is 0 Å². The van der Waals surface area contributed by atoms with E-state index in [-0.39, 0.29) is 6.54 Å². The van der Waals surface area contributed by atoms with Gasteiger partial charge in [-0.3, -0.25) is 0 Å². The van der Waals surface area contributed by atoms with Gasteiger partial charge in [0, 0.05) is 28.7 Å². The summed E-state index contributed by atoms with van der Waals surface area (Å²) in [5.41, 5.74) is 3.41. The number of para-hydroxylation sites is 1. The number of fused-ring (bicyclic) bond motifs is 3. The Morgan fingerprint density at radius 3 is 2.50 bits per heavy atom. The van der Waals surface area contributed by atoms with Crippen molar-refractivity contribution < 1.29 is 13.6 Å². The molecule has 1 atom stereocenters. The number of carbonyl (C=O) groups is 1. The van der Waals surface area contributed by atoms with Gasteiger partial charge in [-0.25, -0.2) is 13.6 Å². The van der Waals surface area contributed by atoms with Crippen molar-refractivity contribution >= 4 is 23.3 Å². The standard InChI is InChI=1S/C25H18ClF2N3O/c26-18-6-3-7-21(13-18)29-25(32)31-15-16-5-1-2-8-22(16)30-10-4-9-23(30)24(31)17-11-19(27)14-20(28)12-17/h1-14,24H,15H2,(H,29,32)/t24-/m0/s1. The second-order valence-corrected chi connectivity index (χ2v) is 8.04. The monoisotopic (exact) mass is 449 g/mol. The second kappa shape index (κ2) is 8.13. The van der Waals surface area contributed by atoms with Gasteiger partial charge in [-0.15, -0.1) is 0 Å². The van der Waals surface area contributed by atoms with E-state index in [1.807, 2.05) is 47.2 Å². The first-order chi connectivity index (χ1) is 15.5. The van der Waals surface area contributed by atoms with Crippen LogP contribution in [0.1, 0.15) is 22.9 Å². The van der Waals surface area contributed by atoms with E-state index in [0.717, 1.165) is 23.0 Å². The van der Waals surface area contributed by atoms with Crippen LogP contribution in [0.2, 0.25) is 5.02 Å². The Labute approximate surface area is 188 Å². The van der Waals surface area contributed by atoms with Crippen LogP contribution in [0, 0.1) is 11.6 Å². The molecule has 0 spiro atoms. The highest BCUT2D eigenvalue weighted by molar-refractivity contribution is 6.30. The molecule has 4 aromatic rings. The van der Waals surface area contributed by atoms with Crippen LogP contribution in [-0.4, -0.2) is 15.5 Å². The topological polar surface area (TPSA) is 37.3 Å². The fraction of sp³-hybridized carbons (Fsp3) is 0.0800. The van der Waals surface area contributed by atoms with Gasteiger partial charge in [0.15, 0.2) is 0 Å². The predicted octanol–water partition coefficient (Wildman–Crippen LogP) is 6.55. The molecule has 0 fully saturated rings. The van der Waals surface area contributed by atoms with Crippen LogP contribution >= 0.6 is 11.6 Å². The number of nitrogens with zero attached hydrogens (tertiary/aromatic N) is 2. The molecule has 1 aliphatic heterocycles. The van der Waals surface area contributed by atoms with E-state index in [0.29, 0.717) is 16.3 Å². The molecule has 0 unspecified atom stereocenters. The summed E-state index contributed by atoms with van der Waals surface area (Å²) in [5.74, 6) is -1.40. The zero-order chi connectivity index (χ0) is 22.2. The number of anilines is 1. The van der Waals surface area contributed by atoms with E-state index in [1.54, 1.807) is 29.2 Å². The molecule has 32 heavy (non-hydrogen) atoms. The molecule has 5 rings (SSSR count). The maximum Gasteiger partial charge on any atom is 0.322 e. The van der Waals surface area contributed by atoms with E-state index in [1.165, 1.54) is 12.1 Å². The number of aromatic nitrogens is 1. The molecule has 2 amide bonds. The SMILES string of the molecule is O=C(Nc1cccc(Cl)c1)N1Cc2ccccc2-n2cccc2[C@@H]1c1cc(F)cc(F)c1. The van der Waals surface area contributed by atoms with E-state index in [2.05, 4.69) is 5.32 Å². The molecule has 0 bridgehead atoms. The highest BCUT2D eigenvalue weighted by atomic mass is 35.5.